The number of H-pyrrole nitrogens is 1. The number of hydrogen-bond acceptors (Lipinski definition) is 3. The molecule has 0 bridgehead atoms. The molecule has 0 amide bonds. The van der Waals surface area contributed by atoms with E-state index < -0.39 is 0 Å². The molecule has 0 aliphatic heterocycles. The van der Waals surface area contributed by atoms with Gasteiger partial charge in [-0.3, -0.25) is 10.1 Å². The Bertz CT molecular complexity index is 602. The fourth-order valence-electron chi connectivity index (χ4n) is 1.93. The monoisotopic (exact) mass is 260 g/mol. The topological polar surface area (TPSA) is 68.2 Å². The lowest BCUT2D eigenvalue weighted by Crippen LogP contribution is -2.03. The second-order valence-electron chi connectivity index (χ2n) is 4.13. The molecule has 0 atom stereocenters. The van der Waals surface area contributed by atoms with E-state index in [1.165, 1.54) is 0 Å². The molecule has 100 valence electrons. The van der Waals surface area contributed by atoms with Gasteiger partial charge in [-0.05, 0) is 13.0 Å². The van der Waals surface area contributed by atoms with E-state index in [-0.39, 0.29) is 10.6 Å². The van der Waals surface area contributed by atoms with Crippen LogP contribution in [0.15, 0.2) is 36.2 Å². The van der Waals surface area contributed by atoms with E-state index in [1.807, 2.05) is 31.2 Å². The summed E-state index contributed by atoms with van der Waals surface area (Å²) in [6.07, 6.45) is 3.70. The van der Waals surface area contributed by atoms with Gasteiger partial charge < -0.3 is 9.72 Å². The van der Waals surface area contributed by atoms with Crippen molar-refractivity contribution in [2.45, 2.75) is 13.3 Å². The van der Waals surface area contributed by atoms with Gasteiger partial charge in [-0.25, -0.2) is 0 Å². The first-order valence-electron chi connectivity index (χ1n) is 6.21. The molecule has 2 aromatic rings. The van der Waals surface area contributed by atoms with Crippen molar-refractivity contribution in [1.82, 2.24) is 4.98 Å². The molecule has 0 saturated heterocycles. The predicted octanol–water partition coefficient (Wildman–Crippen LogP) is 3.21. The molecular weight excluding hydrogens is 244 g/mol. The van der Waals surface area contributed by atoms with Gasteiger partial charge in [-0.15, -0.1) is 0 Å². The molecule has 1 aromatic carbocycles. The van der Waals surface area contributed by atoms with E-state index >= 15 is 0 Å². The van der Waals surface area contributed by atoms with E-state index in [9.17, 15) is 10.1 Å². The lowest BCUT2D eigenvalue weighted by molar-refractivity contribution is -0.426. The van der Waals surface area contributed by atoms with E-state index in [1.54, 1.807) is 12.3 Å². The fraction of sp³-hybridized carbons (Fsp3) is 0.286. The van der Waals surface area contributed by atoms with E-state index in [2.05, 4.69) is 4.98 Å². The zero-order valence-corrected chi connectivity index (χ0v) is 10.8. The van der Waals surface area contributed by atoms with Gasteiger partial charge >= 0.3 is 0 Å². The van der Waals surface area contributed by atoms with E-state index in [0.29, 0.717) is 19.6 Å². The van der Waals surface area contributed by atoms with Crippen molar-refractivity contribution in [3.63, 3.8) is 0 Å². The van der Waals surface area contributed by atoms with Crippen LogP contribution in [0.1, 0.15) is 18.9 Å². The van der Waals surface area contributed by atoms with Crippen molar-refractivity contribution >= 4 is 17.0 Å². The van der Waals surface area contributed by atoms with Crippen LogP contribution in [-0.4, -0.2) is 23.1 Å². The normalized spacial score (nSPS) is 11.9. The molecule has 5 heteroatoms. The third-order valence-electron chi connectivity index (χ3n) is 2.88. The quantitative estimate of drug-likeness (QED) is 0.492. The number of nitrogens with one attached hydrogen (secondary N) is 1. The van der Waals surface area contributed by atoms with E-state index in [4.69, 9.17) is 4.74 Å². The highest BCUT2D eigenvalue weighted by Gasteiger charge is 2.12. The highest BCUT2D eigenvalue weighted by molar-refractivity contribution is 5.88. The summed E-state index contributed by atoms with van der Waals surface area (Å²) in [5.74, 6) is 0. The lowest BCUT2D eigenvalue weighted by Gasteiger charge is -1.99. The second kappa shape index (κ2) is 6.15. The van der Waals surface area contributed by atoms with E-state index in [0.717, 1.165) is 16.5 Å². The number of nitro groups is 1. The number of ether oxygens (including phenoxy) is 1. The molecule has 2 rings (SSSR count). The van der Waals surface area contributed by atoms with Crippen LogP contribution in [0, 0.1) is 10.1 Å². The van der Waals surface area contributed by atoms with Crippen molar-refractivity contribution in [3.8, 4) is 0 Å². The maximum Gasteiger partial charge on any atom is 0.249 e. The Kier molecular flexibility index (Phi) is 4.30. The molecule has 0 aliphatic rings. The van der Waals surface area contributed by atoms with Gasteiger partial charge in [-0.2, -0.15) is 0 Å². The summed E-state index contributed by atoms with van der Waals surface area (Å²) in [4.78, 5) is 13.8. The summed E-state index contributed by atoms with van der Waals surface area (Å²) in [5.41, 5.74) is 1.97. The number of nitrogens with zero attached hydrogens (tertiary/aromatic N) is 1. The molecule has 1 heterocycles. The lowest BCUT2D eigenvalue weighted by atomic mass is 10.1. The number of rotatable bonds is 6. The minimum absolute atomic E-state index is 0.165. The molecule has 19 heavy (non-hydrogen) atoms. The molecule has 5 nitrogen and oxygen atoms in total. The van der Waals surface area contributed by atoms with Crippen LogP contribution in [0.25, 0.3) is 17.0 Å². The first kappa shape index (κ1) is 13.3. The molecule has 0 saturated carbocycles. The molecular formula is C14H16N2O3. The minimum Gasteiger partial charge on any atom is -0.381 e. The standard InChI is InChI=1S/C14H16N2O3/c1-2-19-8-7-12(16(17)18)9-11-10-15-14-6-4-3-5-13(11)14/h3-6,9-10,15H,2,7-8H2,1H3/b12-9+. The number of fused-ring (bicyclic) bond motifs is 1. The van der Waals surface area contributed by atoms with Gasteiger partial charge in [0.25, 0.3) is 0 Å². The van der Waals surface area contributed by atoms with Crippen molar-refractivity contribution in [1.29, 1.82) is 0 Å². The highest BCUT2D eigenvalue weighted by Crippen LogP contribution is 2.21. The summed E-state index contributed by atoms with van der Waals surface area (Å²) in [5, 5.41) is 12.0. The molecule has 0 aliphatic carbocycles. The van der Waals surface area contributed by atoms with Gasteiger partial charge in [0.05, 0.1) is 18.0 Å². The molecule has 0 spiro atoms. The average Bonchev–Trinajstić information content (AvgIpc) is 2.81. The minimum atomic E-state index is -0.346. The van der Waals surface area contributed by atoms with Crippen LogP contribution in [0.3, 0.4) is 0 Å². The van der Waals surface area contributed by atoms with Crippen molar-refractivity contribution < 1.29 is 9.66 Å². The first-order valence-corrected chi connectivity index (χ1v) is 6.21. The largest absolute Gasteiger partial charge is 0.381 e. The number of benzene rings is 1. The predicted molar refractivity (Wildman–Crippen MR) is 74.4 cm³/mol. The maximum absolute atomic E-state index is 11.0. The summed E-state index contributed by atoms with van der Waals surface area (Å²) in [6.45, 7) is 2.80. The Morgan fingerprint density at radius 3 is 3.00 bits per heavy atom. The summed E-state index contributed by atoms with van der Waals surface area (Å²) < 4.78 is 5.17. The Balaban J connectivity index is 2.27. The number of hydrogen-bond donors (Lipinski definition) is 1. The highest BCUT2D eigenvalue weighted by atomic mass is 16.6. The Morgan fingerprint density at radius 2 is 2.26 bits per heavy atom. The number of para-hydroxylation sites is 1. The Morgan fingerprint density at radius 1 is 1.47 bits per heavy atom. The van der Waals surface area contributed by atoms with Crippen LogP contribution in [-0.2, 0) is 4.74 Å². The first-order chi connectivity index (χ1) is 9.22. The van der Waals surface area contributed by atoms with Crippen LogP contribution >= 0.6 is 0 Å². The zero-order chi connectivity index (χ0) is 13.7. The van der Waals surface area contributed by atoms with Gasteiger partial charge in [0.15, 0.2) is 0 Å². The summed E-state index contributed by atoms with van der Waals surface area (Å²) in [7, 11) is 0. The van der Waals surface area contributed by atoms with Crippen molar-refractivity contribution in [3.05, 3.63) is 51.8 Å². The van der Waals surface area contributed by atoms with Gasteiger partial charge in [0.1, 0.15) is 0 Å². The van der Waals surface area contributed by atoms with Gasteiger partial charge in [-0.1, -0.05) is 18.2 Å². The SMILES string of the molecule is CCOCC/C(=C\c1c[nH]c2ccccc12)[N+](=O)[O-]. The third-order valence-corrected chi connectivity index (χ3v) is 2.88. The Hall–Kier alpha value is -2.14. The average molecular weight is 260 g/mol. The fourth-order valence-corrected chi connectivity index (χ4v) is 1.93. The van der Waals surface area contributed by atoms with Gasteiger partial charge in [0.2, 0.25) is 5.70 Å². The molecule has 0 unspecified atom stereocenters. The van der Waals surface area contributed by atoms with Crippen LogP contribution in [0.5, 0.6) is 0 Å². The van der Waals surface area contributed by atoms with Crippen LogP contribution in [0.2, 0.25) is 0 Å². The maximum atomic E-state index is 11.0. The number of aromatic amines is 1. The summed E-state index contributed by atoms with van der Waals surface area (Å²) in [6, 6.07) is 7.73. The van der Waals surface area contributed by atoms with Crippen LogP contribution < -0.4 is 0 Å². The zero-order valence-electron chi connectivity index (χ0n) is 10.8. The molecule has 1 aromatic heterocycles. The molecule has 0 fully saturated rings. The number of aromatic nitrogens is 1. The van der Waals surface area contributed by atoms with Crippen molar-refractivity contribution in [2.75, 3.05) is 13.2 Å². The third kappa shape index (κ3) is 3.20. The summed E-state index contributed by atoms with van der Waals surface area (Å²) >= 11 is 0. The Labute approximate surface area is 111 Å². The van der Waals surface area contributed by atoms with Gasteiger partial charge in [0, 0.05) is 35.3 Å². The van der Waals surface area contributed by atoms with Crippen molar-refractivity contribution in [2.24, 2.45) is 0 Å². The molecule has 1 N–H and O–H groups in total. The molecule has 0 radical (unpaired) electrons. The van der Waals surface area contributed by atoms with Crippen LogP contribution in [0.4, 0.5) is 0 Å². The smallest absolute Gasteiger partial charge is 0.249 e. The second-order valence-corrected chi connectivity index (χ2v) is 4.13.